The van der Waals surface area contributed by atoms with E-state index in [9.17, 15) is 15.3 Å². The highest BCUT2D eigenvalue weighted by atomic mass is 35.5. The minimum Gasteiger partial charge on any atom is -0.494 e. The Labute approximate surface area is 182 Å². The lowest BCUT2D eigenvalue weighted by molar-refractivity contribution is -0.320. The summed E-state index contributed by atoms with van der Waals surface area (Å²) in [6.45, 7) is 2.39. The number of hydrogen-bond donors (Lipinski definition) is 3. The maximum Gasteiger partial charge on any atom is 0.197 e. The molecule has 6 nitrogen and oxygen atoms in total. The van der Waals surface area contributed by atoms with E-state index in [0.717, 1.165) is 16.9 Å². The van der Waals surface area contributed by atoms with Gasteiger partial charge in [0.05, 0.1) is 18.8 Å². The Morgan fingerprint density at radius 3 is 2.53 bits per heavy atom. The van der Waals surface area contributed by atoms with Gasteiger partial charge in [-0.3, -0.25) is 0 Å². The topological polar surface area (TPSA) is 88.4 Å². The van der Waals surface area contributed by atoms with E-state index in [1.54, 1.807) is 12.1 Å². The van der Waals surface area contributed by atoms with Crippen LogP contribution in [0.15, 0.2) is 42.5 Å². The van der Waals surface area contributed by atoms with Crippen LogP contribution in [0.2, 0.25) is 5.02 Å². The Bertz CT molecular complexity index is 827. The minimum atomic E-state index is -1.24. The molecule has 3 N–H and O–H groups in total. The molecule has 0 spiro atoms. The third-order valence-electron chi connectivity index (χ3n) is 5.45. The molecule has 1 aliphatic heterocycles. The van der Waals surface area contributed by atoms with Gasteiger partial charge in [-0.05, 0) is 55.2 Å². The molecule has 0 radical (unpaired) electrons. The Morgan fingerprint density at radius 1 is 1.17 bits per heavy atom. The van der Waals surface area contributed by atoms with Crippen LogP contribution in [0.3, 0.4) is 0 Å². The van der Waals surface area contributed by atoms with Crippen molar-refractivity contribution in [3.05, 3.63) is 64.2 Å². The number of rotatable bonds is 8. The SMILES string of the molecule is CCOc1ccc(Cc2cc([C@@]3(OC)C[C@@H](O)[C@H](O)C(CCO)O3)ccc2Cl)cc1. The maximum absolute atomic E-state index is 10.4. The van der Waals surface area contributed by atoms with Crippen LogP contribution in [0.5, 0.6) is 5.75 Å². The summed E-state index contributed by atoms with van der Waals surface area (Å²) < 4.78 is 17.3. The molecule has 164 valence electrons. The molecular formula is C23H29ClO6. The summed E-state index contributed by atoms with van der Waals surface area (Å²) in [5.74, 6) is -0.422. The molecule has 2 aromatic carbocycles. The molecule has 1 aliphatic rings. The quantitative estimate of drug-likeness (QED) is 0.589. The zero-order valence-electron chi connectivity index (χ0n) is 17.3. The summed E-state index contributed by atoms with van der Waals surface area (Å²) in [6, 6.07) is 13.3. The first kappa shape index (κ1) is 23.0. The zero-order chi connectivity index (χ0) is 21.7. The van der Waals surface area contributed by atoms with Gasteiger partial charge in [0.2, 0.25) is 0 Å². The van der Waals surface area contributed by atoms with Gasteiger partial charge in [0.25, 0.3) is 0 Å². The van der Waals surface area contributed by atoms with Gasteiger partial charge in [0, 0.05) is 30.7 Å². The van der Waals surface area contributed by atoms with Crippen LogP contribution >= 0.6 is 11.6 Å². The van der Waals surface area contributed by atoms with Gasteiger partial charge in [0.15, 0.2) is 5.79 Å². The van der Waals surface area contributed by atoms with Crippen molar-refractivity contribution in [2.24, 2.45) is 0 Å². The van der Waals surface area contributed by atoms with Crippen LogP contribution in [-0.2, 0) is 21.7 Å². The molecule has 2 aromatic rings. The Balaban J connectivity index is 1.88. The fourth-order valence-electron chi connectivity index (χ4n) is 3.84. The third kappa shape index (κ3) is 4.97. The van der Waals surface area contributed by atoms with E-state index in [-0.39, 0.29) is 19.4 Å². The van der Waals surface area contributed by atoms with Crippen LogP contribution in [0.1, 0.15) is 36.5 Å². The summed E-state index contributed by atoms with van der Waals surface area (Å²) in [7, 11) is 1.50. The first-order valence-corrected chi connectivity index (χ1v) is 10.5. The summed E-state index contributed by atoms with van der Waals surface area (Å²) in [4.78, 5) is 0. The number of hydrogen-bond acceptors (Lipinski definition) is 6. The highest BCUT2D eigenvalue weighted by molar-refractivity contribution is 6.31. The lowest BCUT2D eigenvalue weighted by atomic mass is 9.88. The molecule has 4 atom stereocenters. The van der Waals surface area contributed by atoms with Crippen LogP contribution in [-0.4, -0.2) is 54.0 Å². The van der Waals surface area contributed by atoms with Crippen molar-refractivity contribution in [2.75, 3.05) is 20.3 Å². The van der Waals surface area contributed by atoms with E-state index in [1.807, 2.05) is 37.3 Å². The molecule has 0 aliphatic carbocycles. The second-order valence-electron chi connectivity index (χ2n) is 7.45. The van der Waals surface area contributed by atoms with Gasteiger partial charge in [-0.1, -0.05) is 29.8 Å². The molecule has 0 amide bonds. The third-order valence-corrected chi connectivity index (χ3v) is 5.82. The molecule has 1 heterocycles. The van der Waals surface area contributed by atoms with Crippen molar-refractivity contribution >= 4 is 11.6 Å². The van der Waals surface area contributed by atoms with Gasteiger partial charge in [0.1, 0.15) is 11.9 Å². The van der Waals surface area contributed by atoms with Crippen LogP contribution in [0.4, 0.5) is 0 Å². The van der Waals surface area contributed by atoms with Crippen LogP contribution < -0.4 is 4.74 Å². The smallest absolute Gasteiger partial charge is 0.197 e. The number of benzene rings is 2. The lowest BCUT2D eigenvalue weighted by Crippen LogP contribution is -2.54. The second-order valence-corrected chi connectivity index (χ2v) is 7.85. The Morgan fingerprint density at radius 2 is 1.90 bits per heavy atom. The van der Waals surface area contributed by atoms with Crippen molar-refractivity contribution in [1.82, 2.24) is 0 Å². The van der Waals surface area contributed by atoms with Crippen molar-refractivity contribution in [1.29, 1.82) is 0 Å². The summed E-state index contributed by atoms with van der Waals surface area (Å²) in [6.07, 6.45) is -2.02. The molecular weight excluding hydrogens is 408 g/mol. The van der Waals surface area contributed by atoms with Crippen LogP contribution in [0.25, 0.3) is 0 Å². The molecule has 30 heavy (non-hydrogen) atoms. The lowest BCUT2D eigenvalue weighted by Gasteiger charge is -2.45. The fraction of sp³-hybridized carbons (Fsp3) is 0.478. The average molecular weight is 437 g/mol. The molecule has 1 fully saturated rings. The largest absolute Gasteiger partial charge is 0.494 e. The first-order chi connectivity index (χ1) is 14.4. The maximum atomic E-state index is 10.4. The van der Waals surface area contributed by atoms with E-state index in [0.29, 0.717) is 23.6 Å². The van der Waals surface area contributed by atoms with E-state index < -0.39 is 24.1 Å². The second kappa shape index (κ2) is 10.1. The predicted molar refractivity (Wildman–Crippen MR) is 114 cm³/mol. The molecule has 3 rings (SSSR count). The van der Waals surface area contributed by atoms with Crippen molar-refractivity contribution < 1.29 is 29.5 Å². The molecule has 0 bridgehead atoms. The molecule has 0 aromatic heterocycles. The monoisotopic (exact) mass is 436 g/mol. The van der Waals surface area contributed by atoms with E-state index in [2.05, 4.69) is 0 Å². The summed E-state index contributed by atoms with van der Waals surface area (Å²) in [5, 5.41) is 30.5. The fourth-order valence-corrected chi connectivity index (χ4v) is 4.02. The van der Waals surface area contributed by atoms with Crippen molar-refractivity contribution in [3.63, 3.8) is 0 Å². The van der Waals surface area contributed by atoms with Gasteiger partial charge in [-0.15, -0.1) is 0 Å². The summed E-state index contributed by atoms with van der Waals surface area (Å²) >= 11 is 6.46. The first-order valence-electron chi connectivity index (χ1n) is 10.1. The normalized spacial score (nSPS) is 26.5. The van der Waals surface area contributed by atoms with Gasteiger partial charge in [-0.25, -0.2) is 0 Å². The number of ether oxygens (including phenoxy) is 3. The molecule has 0 saturated carbocycles. The Kier molecular flexibility index (Phi) is 7.74. The van der Waals surface area contributed by atoms with Gasteiger partial charge < -0.3 is 29.5 Å². The number of methoxy groups -OCH3 is 1. The van der Waals surface area contributed by atoms with Gasteiger partial charge >= 0.3 is 0 Å². The van der Waals surface area contributed by atoms with E-state index >= 15 is 0 Å². The van der Waals surface area contributed by atoms with Crippen molar-refractivity contribution in [3.8, 4) is 5.75 Å². The number of aliphatic hydroxyl groups excluding tert-OH is 3. The minimum absolute atomic E-state index is 0.0662. The number of halogens is 1. The highest BCUT2D eigenvalue weighted by Crippen LogP contribution is 2.40. The summed E-state index contributed by atoms with van der Waals surface area (Å²) in [5.41, 5.74) is 2.66. The van der Waals surface area contributed by atoms with Gasteiger partial charge in [-0.2, -0.15) is 0 Å². The average Bonchev–Trinajstić information content (AvgIpc) is 2.74. The highest BCUT2D eigenvalue weighted by Gasteiger charge is 2.47. The molecule has 7 heteroatoms. The van der Waals surface area contributed by atoms with E-state index in [1.165, 1.54) is 7.11 Å². The predicted octanol–water partition coefficient (Wildman–Crippen LogP) is 3.02. The zero-order valence-corrected chi connectivity index (χ0v) is 18.0. The van der Waals surface area contributed by atoms with Crippen molar-refractivity contribution in [2.45, 2.75) is 50.3 Å². The molecule has 1 saturated heterocycles. The Hall–Kier alpha value is -1.67. The van der Waals surface area contributed by atoms with Crippen LogP contribution in [0, 0.1) is 0 Å². The molecule has 1 unspecified atom stereocenters. The van der Waals surface area contributed by atoms with E-state index in [4.69, 9.17) is 25.8 Å². The number of aliphatic hydroxyl groups is 3. The standard InChI is InChI=1S/C23H29ClO6/c1-3-29-18-7-4-15(5-8-18)12-16-13-17(6-9-19(16)24)23(28-2)14-20(26)22(27)21(30-23)10-11-25/h4-9,13,20-22,25-27H,3,10-12,14H2,1-2H3/t20-,21?,22+,23-/m1/s1.